The Morgan fingerprint density at radius 2 is 1.88 bits per heavy atom. The van der Waals surface area contributed by atoms with Crippen molar-refractivity contribution >= 4 is 17.4 Å². The number of thiocarbonyl (C=S) groups is 1. The monoisotopic (exact) mass is 247 g/mol. The number of aliphatic imine (C=N–C) groups is 1. The molecule has 0 bridgehead atoms. The highest BCUT2D eigenvalue weighted by Gasteiger charge is 2.24. The largest absolute Gasteiger partial charge is 0.221 e. The molecule has 2 heteroatoms. The first kappa shape index (κ1) is 14.1. The van der Waals surface area contributed by atoms with Crippen LogP contribution in [0.4, 0.5) is 0 Å². The lowest BCUT2D eigenvalue weighted by Crippen LogP contribution is -2.18. The van der Waals surface area contributed by atoms with Gasteiger partial charge in [0.05, 0.1) is 10.7 Å². The number of benzene rings is 1. The summed E-state index contributed by atoms with van der Waals surface area (Å²) in [5, 5.41) is 2.56. The lowest BCUT2D eigenvalue weighted by atomic mass is 9.87. The van der Waals surface area contributed by atoms with Gasteiger partial charge >= 0.3 is 0 Å². The van der Waals surface area contributed by atoms with Crippen LogP contribution in [0.25, 0.3) is 0 Å². The van der Waals surface area contributed by atoms with Gasteiger partial charge < -0.3 is 0 Å². The van der Waals surface area contributed by atoms with Gasteiger partial charge in [-0.3, -0.25) is 0 Å². The first-order chi connectivity index (χ1) is 8.23. The van der Waals surface area contributed by atoms with E-state index in [4.69, 9.17) is 12.2 Å². The van der Waals surface area contributed by atoms with E-state index in [2.05, 4.69) is 48.3 Å². The minimum absolute atomic E-state index is 0.198. The van der Waals surface area contributed by atoms with E-state index in [1.165, 1.54) is 31.2 Å². The molecule has 1 aromatic carbocycles. The third-order valence-corrected chi connectivity index (χ3v) is 3.30. The highest BCUT2D eigenvalue weighted by atomic mass is 32.1. The van der Waals surface area contributed by atoms with Crippen molar-refractivity contribution in [1.29, 1.82) is 0 Å². The molecular formula is C15H21NS. The van der Waals surface area contributed by atoms with Crippen LogP contribution < -0.4 is 0 Å². The van der Waals surface area contributed by atoms with Gasteiger partial charge in [-0.15, -0.1) is 0 Å². The normalized spacial score (nSPS) is 13.8. The van der Waals surface area contributed by atoms with Crippen LogP contribution in [0.15, 0.2) is 35.3 Å². The summed E-state index contributed by atoms with van der Waals surface area (Å²) in [6.07, 6.45) is 6.07. The molecule has 0 amide bonds. The van der Waals surface area contributed by atoms with Crippen LogP contribution in [0, 0.1) is 0 Å². The highest BCUT2D eigenvalue weighted by Crippen LogP contribution is 2.30. The summed E-state index contributed by atoms with van der Waals surface area (Å²) in [5.41, 5.74) is 1.03. The Morgan fingerprint density at radius 1 is 1.18 bits per heavy atom. The molecule has 0 saturated carbocycles. The van der Waals surface area contributed by atoms with Gasteiger partial charge in [-0.25, -0.2) is 4.99 Å². The zero-order chi connectivity index (χ0) is 12.6. The Hall–Kier alpha value is -0.980. The second-order valence-electron chi connectivity index (χ2n) is 4.65. The van der Waals surface area contributed by atoms with Crippen molar-refractivity contribution in [2.24, 2.45) is 4.99 Å². The fourth-order valence-corrected chi connectivity index (χ4v) is 2.26. The van der Waals surface area contributed by atoms with Gasteiger partial charge in [-0.1, -0.05) is 62.9 Å². The average molecular weight is 247 g/mol. The van der Waals surface area contributed by atoms with Crippen molar-refractivity contribution in [1.82, 2.24) is 0 Å². The minimum atomic E-state index is -0.198. The molecule has 17 heavy (non-hydrogen) atoms. The van der Waals surface area contributed by atoms with Crippen molar-refractivity contribution in [3.05, 3.63) is 35.9 Å². The van der Waals surface area contributed by atoms with Crippen molar-refractivity contribution in [3.63, 3.8) is 0 Å². The molecule has 1 nitrogen and oxygen atoms in total. The van der Waals surface area contributed by atoms with E-state index in [9.17, 15) is 0 Å². The van der Waals surface area contributed by atoms with Gasteiger partial charge in [0, 0.05) is 0 Å². The van der Waals surface area contributed by atoms with E-state index < -0.39 is 0 Å². The summed E-state index contributed by atoms with van der Waals surface area (Å²) in [4.78, 5) is 4.39. The molecule has 0 aliphatic carbocycles. The number of rotatable bonds is 7. The fourth-order valence-electron chi connectivity index (χ4n) is 2.06. The molecule has 1 rings (SSSR count). The maximum atomic E-state index is 4.79. The maximum Gasteiger partial charge on any atom is 0.0931 e. The van der Waals surface area contributed by atoms with Gasteiger partial charge in [0.2, 0.25) is 0 Å². The molecule has 0 aliphatic rings. The summed E-state index contributed by atoms with van der Waals surface area (Å²) < 4.78 is 0. The van der Waals surface area contributed by atoms with E-state index in [1.807, 2.05) is 6.07 Å². The van der Waals surface area contributed by atoms with Crippen molar-refractivity contribution in [2.75, 3.05) is 0 Å². The van der Waals surface area contributed by atoms with E-state index in [-0.39, 0.29) is 5.54 Å². The average Bonchev–Trinajstić information content (AvgIpc) is 2.36. The topological polar surface area (TPSA) is 12.4 Å². The van der Waals surface area contributed by atoms with Gasteiger partial charge in [0.15, 0.2) is 0 Å². The van der Waals surface area contributed by atoms with E-state index in [0.717, 1.165) is 6.42 Å². The predicted octanol–water partition coefficient (Wildman–Crippen LogP) is 4.98. The van der Waals surface area contributed by atoms with Crippen molar-refractivity contribution in [3.8, 4) is 0 Å². The molecule has 0 aliphatic heterocycles. The van der Waals surface area contributed by atoms with E-state index in [0.29, 0.717) is 0 Å². The van der Waals surface area contributed by atoms with Gasteiger partial charge in [-0.2, -0.15) is 0 Å². The van der Waals surface area contributed by atoms with Crippen molar-refractivity contribution in [2.45, 2.75) is 51.5 Å². The second kappa shape index (κ2) is 7.37. The lowest BCUT2D eigenvalue weighted by molar-refractivity contribution is 0.429. The number of hydrogen-bond donors (Lipinski definition) is 0. The van der Waals surface area contributed by atoms with Crippen molar-refractivity contribution < 1.29 is 0 Å². The van der Waals surface area contributed by atoms with E-state index >= 15 is 0 Å². The molecule has 0 heterocycles. The zero-order valence-corrected chi connectivity index (χ0v) is 11.6. The zero-order valence-electron chi connectivity index (χ0n) is 10.8. The Kier molecular flexibility index (Phi) is 6.10. The summed E-state index contributed by atoms with van der Waals surface area (Å²) in [6, 6.07) is 10.4. The fraction of sp³-hybridized carbons (Fsp3) is 0.533. The van der Waals surface area contributed by atoms with Crippen LogP contribution in [-0.4, -0.2) is 5.16 Å². The maximum absolute atomic E-state index is 4.79. The molecule has 1 aromatic rings. The summed E-state index contributed by atoms with van der Waals surface area (Å²) in [6.45, 7) is 4.37. The molecule has 0 radical (unpaired) electrons. The van der Waals surface area contributed by atoms with Crippen LogP contribution in [0.5, 0.6) is 0 Å². The summed E-state index contributed by atoms with van der Waals surface area (Å²) in [5.74, 6) is 0. The third kappa shape index (κ3) is 4.41. The van der Waals surface area contributed by atoms with Gasteiger partial charge in [0.25, 0.3) is 0 Å². The number of isothiocyanates is 1. The molecule has 0 fully saturated rings. The van der Waals surface area contributed by atoms with Crippen LogP contribution in [0.2, 0.25) is 0 Å². The van der Waals surface area contributed by atoms with Crippen LogP contribution in [0.3, 0.4) is 0 Å². The van der Waals surface area contributed by atoms with E-state index in [1.54, 1.807) is 0 Å². The first-order valence-electron chi connectivity index (χ1n) is 6.37. The smallest absolute Gasteiger partial charge is 0.0931 e. The standard InChI is InChI=1S/C15H21NS/c1-3-4-5-9-12-15(2,16-13-17)14-10-7-6-8-11-14/h6-8,10-11H,3-5,9,12H2,1-2H3. The Bertz CT molecular complexity index is 368. The van der Waals surface area contributed by atoms with Crippen LogP contribution in [0.1, 0.15) is 51.5 Å². The van der Waals surface area contributed by atoms with Crippen LogP contribution in [-0.2, 0) is 5.54 Å². The van der Waals surface area contributed by atoms with Gasteiger partial charge in [0.1, 0.15) is 0 Å². The molecule has 0 N–H and O–H groups in total. The third-order valence-electron chi connectivity index (χ3n) is 3.21. The molecule has 1 unspecified atom stereocenters. The summed E-state index contributed by atoms with van der Waals surface area (Å²) in [7, 11) is 0. The second-order valence-corrected chi connectivity index (χ2v) is 4.84. The number of unbranched alkanes of at least 4 members (excludes halogenated alkanes) is 3. The Morgan fingerprint density at radius 3 is 2.47 bits per heavy atom. The SMILES string of the molecule is CCCCCCC(C)(N=C=S)c1ccccc1. The molecule has 0 spiro atoms. The number of nitrogens with zero attached hydrogens (tertiary/aromatic N) is 1. The lowest BCUT2D eigenvalue weighted by Gasteiger charge is -2.24. The molecule has 1 atom stereocenters. The quantitative estimate of drug-likeness (QED) is 0.376. The first-order valence-corrected chi connectivity index (χ1v) is 6.78. The highest BCUT2D eigenvalue weighted by molar-refractivity contribution is 7.78. The predicted molar refractivity (Wildman–Crippen MR) is 77.6 cm³/mol. The minimum Gasteiger partial charge on any atom is -0.221 e. The Labute approximate surface area is 110 Å². The van der Waals surface area contributed by atoms with Crippen LogP contribution >= 0.6 is 12.2 Å². The molecule has 0 saturated heterocycles. The Balaban J connectivity index is 2.72. The molecule has 92 valence electrons. The summed E-state index contributed by atoms with van der Waals surface area (Å²) >= 11 is 4.79. The molecular weight excluding hydrogens is 226 g/mol. The number of hydrogen-bond acceptors (Lipinski definition) is 2. The van der Waals surface area contributed by atoms with Gasteiger partial charge in [-0.05, 0) is 31.1 Å². The molecule has 0 aromatic heterocycles.